The first-order valence-electron chi connectivity index (χ1n) is 7.02. The third-order valence-corrected chi connectivity index (χ3v) is 5.16. The van der Waals surface area contributed by atoms with Gasteiger partial charge in [-0.05, 0) is 39.2 Å². The van der Waals surface area contributed by atoms with Crippen LogP contribution in [0.1, 0.15) is 23.5 Å². The third kappa shape index (κ3) is 3.87. The molecule has 0 radical (unpaired) electrons. The van der Waals surface area contributed by atoms with Gasteiger partial charge in [0.25, 0.3) is 0 Å². The number of aryl methyl sites for hydroxylation is 2. The van der Waals surface area contributed by atoms with Gasteiger partial charge in [-0.2, -0.15) is 0 Å². The normalized spacial score (nSPS) is 14.4. The maximum Gasteiger partial charge on any atom is 0.240 e. The Labute approximate surface area is 131 Å². The Morgan fingerprint density at radius 2 is 2.19 bits per heavy atom. The summed E-state index contributed by atoms with van der Waals surface area (Å²) in [5.41, 5.74) is 1.89. The molecule has 2 N–H and O–H groups in total. The van der Waals surface area contributed by atoms with Crippen LogP contribution in [0.5, 0.6) is 0 Å². The van der Waals surface area contributed by atoms with Crippen LogP contribution in [0.4, 0.5) is 5.13 Å². The van der Waals surface area contributed by atoms with E-state index < -0.39 is 0 Å². The van der Waals surface area contributed by atoms with E-state index in [1.165, 1.54) is 24.2 Å². The Bertz CT molecular complexity index is 645. The van der Waals surface area contributed by atoms with Crippen molar-refractivity contribution in [3.63, 3.8) is 0 Å². The van der Waals surface area contributed by atoms with E-state index in [1.54, 1.807) is 11.3 Å². The zero-order chi connectivity index (χ0) is 14.8. The van der Waals surface area contributed by atoms with Gasteiger partial charge in [0.15, 0.2) is 5.13 Å². The van der Waals surface area contributed by atoms with Crippen LogP contribution < -0.4 is 10.6 Å². The molecule has 0 saturated heterocycles. The number of carbonyl (C=O) groups excluding carboxylic acids is 1. The van der Waals surface area contributed by atoms with Crippen LogP contribution >= 0.6 is 22.7 Å². The van der Waals surface area contributed by atoms with Gasteiger partial charge in [0.2, 0.25) is 5.91 Å². The Morgan fingerprint density at radius 3 is 2.86 bits per heavy atom. The summed E-state index contributed by atoms with van der Waals surface area (Å²) >= 11 is 3.08. The molecule has 1 fully saturated rings. The summed E-state index contributed by atoms with van der Waals surface area (Å²) in [6.07, 6.45) is 2.58. The summed E-state index contributed by atoms with van der Waals surface area (Å²) in [5.74, 6) is 0.746. The van der Waals surface area contributed by atoms with Crippen LogP contribution in [0.2, 0.25) is 0 Å². The van der Waals surface area contributed by atoms with Crippen molar-refractivity contribution in [3.8, 4) is 10.6 Å². The van der Waals surface area contributed by atoms with Crippen LogP contribution in [-0.2, 0) is 4.79 Å². The fraction of sp³-hybridized carbons (Fsp3) is 0.500. The highest BCUT2D eigenvalue weighted by Crippen LogP contribution is 2.32. The number of hydrogen-bond donors (Lipinski definition) is 2. The fourth-order valence-corrected chi connectivity index (χ4v) is 3.75. The van der Waals surface area contributed by atoms with Crippen molar-refractivity contribution in [2.24, 2.45) is 5.92 Å². The van der Waals surface area contributed by atoms with E-state index in [2.05, 4.69) is 20.6 Å². The highest BCUT2D eigenvalue weighted by atomic mass is 32.1. The molecule has 1 aliphatic carbocycles. The second-order valence-corrected chi connectivity index (χ2v) is 7.37. The van der Waals surface area contributed by atoms with Crippen LogP contribution in [0, 0.1) is 19.8 Å². The second kappa shape index (κ2) is 6.21. The van der Waals surface area contributed by atoms with Gasteiger partial charge in [0, 0.05) is 5.38 Å². The molecule has 0 spiro atoms. The quantitative estimate of drug-likeness (QED) is 0.858. The molecule has 0 unspecified atom stereocenters. The van der Waals surface area contributed by atoms with Crippen molar-refractivity contribution < 1.29 is 4.79 Å². The molecule has 5 nitrogen and oxygen atoms in total. The topological polar surface area (TPSA) is 66.9 Å². The predicted octanol–water partition coefficient (Wildman–Crippen LogP) is 2.82. The molecule has 2 aromatic rings. The molecule has 2 heterocycles. The lowest BCUT2D eigenvalue weighted by molar-refractivity contribution is -0.115. The number of aromatic nitrogens is 2. The first-order valence-corrected chi connectivity index (χ1v) is 8.72. The van der Waals surface area contributed by atoms with Gasteiger partial charge >= 0.3 is 0 Å². The fourth-order valence-electron chi connectivity index (χ4n) is 2.08. The van der Waals surface area contributed by atoms with E-state index in [9.17, 15) is 4.79 Å². The zero-order valence-electron chi connectivity index (χ0n) is 12.1. The van der Waals surface area contributed by atoms with Crippen LogP contribution in [-0.4, -0.2) is 29.0 Å². The first-order chi connectivity index (χ1) is 10.1. The minimum atomic E-state index is -0.0336. The van der Waals surface area contributed by atoms with Gasteiger partial charge in [-0.15, -0.1) is 22.7 Å². The van der Waals surface area contributed by atoms with Crippen molar-refractivity contribution in [1.29, 1.82) is 0 Å². The number of thiazole rings is 2. The maximum absolute atomic E-state index is 11.8. The molecule has 0 atom stereocenters. The van der Waals surface area contributed by atoms with Crippen molar-refractivity contribution in [2.75, 3.05) is 18.4 Å². The zero-order valence-corrected chi connectivity index (χ0v) is 13.7. The molecule has 3 rings (SSSR count). The second-order valence-electron chi connectivity index (χ2n) is 5.31. The Kier molecular flexibility index (Phi) is 4.32. The number of nitrogens with one attached hydrogen (secondary N) is 2. The van der Waals surface area contributed by atoms with Gasteiger partial charge in [-0.1, -0.05) is 0 Å². The van der Waals surface area contributed by atoms with Gasteiger partial charge in [0.1, 0.15) is 0 Å². The highest BCUT2D eigenvalue weighted by molar-refractivity contribution is 7.16. The summed E-state index contributed by atoms with van der Waals surface area (Å²) in [6, 6.07) is 0. The van der Waals surface area contributed by atoms with E-state index in [0.717, 1.165) is 33.7 Å². The first kappa shape index (κ1) is 14.6. The Hall–Kier alpha value is -1.31. The van der Waals surface area contributed by atoms with Crippen molar-refractivity contribution in [3.05, 3.63) is 16.1 Å². The van der Waals surface area contributed by atoms with Crippen LogP contribution in [0.25, 0.3) is 10.6 Å². The lowest BCUT2D eigenvalue weighted by atomic mass is 10.3. The summed E-state index contributed by atoms with van der Waals surface area (Å²) in [7, 11) is 0. The molecule has 2 aromatic heterocycles. The number of anilines is 1. The molecular weight excluding hydrogens is 304 g/mol. The van der Waals surface area contributed by atoms with Crippen molar-refractivity contribution in [2.45, 2.75) is 26.7 Å². The monoisotopic (exact) mass is 322 g/mol. The molecule has 1 amide bonds. The molecule has 1 saturated carbocycles. The lowest BCUT2D eigenvalue weighted by Crippen LogP contribution is -2.29. The van der Waals surface area contributed by atoms with Crippen LogP contribution in [0.15, 0.2) is 5.38 Å². The van der Waals surface area contributed by atoms with Crippen molar-refractivity contribution in [1.82, 2.24) is 15.3 Å². The predicted molar refractivity (Wildman–Crippen MR) is 86.9 cm³/mol. The smallest absolute Gasteiger partial charge is 0.240 e. The van der Waals surface area contributed by atoms with E-state index >= 15 is 0 Å². The highest BCUT2D eigenvalue weighted by Gasteiger charge is 2.20. The molecule has 21 heavy (non-hydrogen) atoms. The Morgan fingerprint density at radius 1 is 1.38 bits per heavy atom. The van der Waals surface area contributed by atoms with Gasteiger partial charge < -0.3 is 10.6 Å². The molecule has 0 aliphatic heterocycles. The number of nitrogens with zero attached hydrogens (tertiary/aromatic N) is 2. The summed E-state index contributed by atoms with van der Waals surface area (Å²) in [4.78, 5) is 21.8. The van der Waals surface area contributed by atoms with Gasteiger partial charge in [0.05, 0.1) is 27.8 Å². The van der Waals surface area contributed by atoms with E-state index in [4.69, 9.17) is 0 Å². The van der Waals surface area contributed by atoms with Crippen LogP contribution in [0.3, 0.4) is 0 Å². The largest absolute Gasteiger partial charge is 0.308 e. The van der Waals surface area contributed by atoms with Gasteiger partial charge in [-0.3, -0.25) is 4.79 Å². The number of amides is 1. The van der Waals surface area contributed by atoms with Crippen molar-refractivity contribution >= 4 is 33.7 Å². The number of hydrogen-bond acceptors (Lipinski definition) is 6. The average Bonchev–Trinajstić information content (AvgIpc) is 3.03. The maximum atomic E-state index is 11.8. The van der Waals surface area contributed by atoms with E-state index in [0.29, 0.717) is 11.7 Å². The standard InChI is InChI=1S/C14H18N4OS2/c1-8-13(21-9(2)16-8)11-7-20-14(17-11)18-12(19)6-15-5-10-3-4-10/h7,10,15H,3-6H2,1-2H3,(H,17,18,19). The third-order valence-electron chi connectivity index (χ3n) is 3.30. The Balaban J connectivity index is 1.56. The minimum absolute atomic E-state index is 0.0336. The number of carbonyl (C=O) groups is 1. The molecule has 0 bridgehead atoms. The summed E-state index contributed by atoms with van der Waals surface area (Å²) in [6.45, 7) is 5.26. The molecule has 0 aromatic carbocycles. The lowest BCUT2D eigenvalue weighted by Gasteiger charge is -2.03. The molecular formula is C14H18N4OS2. The minimum Gasteiger partial charge on any atom is -0.308 e. The van der Waals surface area contributed by atoms with Gasteiger partial charge in [-0.25, -0.2) is 9.97 Å². The van der Waals surface area contributed by atoms with E-state index in [-0.39, 0.29) is 5.91 Å². The molecule has 7 heteroatoms. The summed E-state index contributed by atoms with van der Waals surface area (Å²) in [5, 5.41) is 9.66. The SMILES string of the molecule is Cc1nc(C)c(-c2csc(NC(=O)CNCC3CC3)n2)s1. The molecule has 1 aliphatic rings. The molecule has 112 valence electrons. The van der Waals surface area contributed by atoms with E-state index in [1.807, 2.05) is 19.2 Å². The number of rotatable bonds is 6. The average molecular weight is 322 g/mol. The summed E-state index contributed by atoms with van der Waals surface area (Å²) < 4.78 is 0.